The molecule has 0 aromatic heterocycles. The number of hydrogen-bond acceptors (Lipinski definition) is 4. The number of amides is 1. The van der Waals surface area contributed by atoms with Gasteiger partial charge in [0.15, 0.2) is 0 Å². The fourth-order valence-corrected chi connectivity index (χ4v) is 4.50. The van der Waals surface area contributed by atoms with Crippen molar-refractivity contribution in [2.75, 3.05) is 12.4 Å². The van der Waals surface area contributed by atoms with Crippen LogP contribution in [-0.2, 0) is 9.53 Å². The van der Waals surface area contributed by atoms with Crippen LogP contribution in [0.1, 0.15) is 53.6 Å². The lowest BCUT2D eigenvalue weighted by molar-refractivity contribution is -0.122. The molecule has 1 aromatic carbocycles. The molecule has 0 radical (unpaired) electrons. The summed E-state index contributed by atoms with van der Waals surface area (Å²) in [7, 11) is 1.37. The zero-order valence-electron chi connectivity index (χ0n) is 15.7. The van der Waals surface area contributed by atoms with Crippen molar-refractivity contribution in [3.8, 4) is 0 Å². The zero-order chi connectivity index (χ0) is 18.1. The number of ether oxygens (including phenoxy) is 1. The molecule has 0 heterocycles. The van der Waals surface area contributed by atoms with Crippen molar-refractivity contribution in [3.05, 3.63) is 28.8 Å². The average molecular weight is 381 g/mol. The molecule has 6 heteroatoms. The molecule has 2 unspecified atom stereocenters. The van der Waals surface area contributed by atoms with Crippen LogP contribution in [0, 0.1) is 31.6 Å². The molecule has 2 fully saturated rings. The highest BCUT2D eigenvalue weighted by atomic mass is 35.5. The molecule has 2 aliphatic carbocycles. The number of esters is 1. The van der Waals surface area contributed by atoms with Crippen molar-refractivity contribution < 1.29 is 14.3 Å². The molecule has 2 atom stereocenters. The fraction of sp³-hybridized carbons (Fsp3) is 0.600. The Kier molecular flexibility index (Phi) is 6.69. The van der Waals surface area contributed by atoms with Crippen LogP contribution in [0.2, 0.25) is 0 Å². The minimum absolute atomic E-state index is 0. The summed E-state index contributed by atoms with van der Waals surface area (Å²) < 4.78 is 4.84. The van der Waals surface area contributed by atoms with E-state index in [1.54, 1.807) is 6.07 Å². The smallest absolute Gasteiger partial charge is 0.338 e. The molecule has 0 spiro atoms. The van der Waals surface area contributed by atoms with Crippen LogP contribution >= 0.6 is 12.4 Å². The first kappa shape index (κ1) is 20.7. The van der Waals surface area contributed by atoms with E-state index in [1.807, 2.05) is 19.9 Å². The summed E-state index contributed by atoms with van der Waals surface area (Å²) in [5.74, 6) is 0.610. The first-order valence-corrected chi connectivity index (χ1v) is 9.16. The molecule has 0 saturated heterocycles. The maximum atomic E-state index is 12.8. The quantitative estimate of drug-likeness (QED) is 0.785. The van der Waals surface area contributed by atoms with E-state index in [0.717, 1.165) is 36.8 Å². The number of nitrogens with two attached hydrogens (primary N) is 1. The summed E-state index contributed by atoms with van der Waals surface area (Å²) in [4.78, 5) is 24.7. The van der Waals surface area contributed by atoms with Crippen LogP contribution in [0.3, 0.4) is 0 Å². The van der Waals surface area contributed by atoms with Crippen molar-refractivity contribution in [1.29, 1.82) is 0 Å². The topological polar surface area (TPSA) is 81.4 Å². The van der Waals surface area contributed by atoms with E-state index in [9.17, 15) is 9.59 Å². The van der Waals surface area contributed by atoms with E-state index in [1.165, 1.54) is 13.5 Å². The number of carbonyl (C=O) groups excluding carboxylic acids is 2. The number of rotatable bonds is 3. The second kappa shape index (κ2) is 8.40. The minimum Gasteiger partial charge on any atom is -0.465 e. The van der Waals surface area contributed by atoms with Gasteiger partial charge in [-0.05, 0) is 74.6 Å². The van der Waals surface area contributed by atoms with Gasteiger partial charge in [0.1, 0.15) is 0 Å². The summed E-state index contributed by atoms with van der Waals surface area (Å²) in [6.07, 6.45) is 5.25. The Morgan fingerprint density at radius 1 is 1.15 bits per heavy atom. The van der Waals surface area contributed by atoms with Gasteiger partial charge in [-0.15, -0.1) is 12.4 Å². The Bertz CT molecular complexity index is 678. The van der Waals surface area contributed by atoms with Gasteiger partial charge in [0.25, 0.3) is 0 Å². The van der Waals surface area contributed by atoms with E-state index in [4.69, 9.17) is 10.5 Å². The second-order valence-corrected chi connectivity index (χ2v) is 7.64. The molecule has 26 heavy (non-hydrogen) atoms. The van der Waals surface area contributed by atoms with Crippen molar-refractivity contribution in [1.82, 2.24) is 0 Å². The molecular formula is C20H29ClN2O3. The number of nitrogens with one attached hydrogen (secondary N) is 1. The van der Waals surface area contributed by atoms with Crippen LogP contribution in [-0.4, -0.2) is 25.0 Å². The number of hydrogen-bond donors (Lipinski definition) is 2. The standard InChI is InChI=1S/C20H28N2O3.ClH/c1-11-7-16(10-17(12(11)2)20(24)25-3)22-19(23)15-8-13-5-4-6-14(9-15)18(13)21;/h7,10,13-15,18H,4-6,8-9,21H2,1-3H3,(H,22,23);1H. The molecule has 0 aliphatic heterocycles. The highest BCUT2D eigenvalue weighted by molar-refractivity contribution is 5.96. The van der Waals surface area contributed by atoms with E-state index in [2.05, 4.69) is 5.32 Å². The number of halogens is 1. The third-order valence-corrected chi connectivity index (χ3v) is 6.12. The van der Waals surface area contributed by atoms with Crippen LogP contribution in [0.5, 0.6) is 0 Å². The average Bonchev–Trinajstić information content (AvgIpc) is 2.56. The number of carbonyl (C=O) groups is 2. The molecule has 1 aromatic rings. The van der Waals surface area contributed by atoms with Gasteiger partial charge in [-0.1, -0.05) is 6.42 Å². The fourth-order valence-electron chi connectivity index (χ4n) is 4.50. The predicted molar refractivity (Wildman–Crippen MR) is 105 cm³/mol. The number of anilines is 1. The minimum atomic E-state index is -0.380. The zero-order valence-corrected chi connectivity index (χ0v) is 16.5. The Labute approximate surface area is 161 Å². The van der Waals surface area contributed by atoms with Gasteiger partial charge in [0, 0.05) is 17.6 Å². The molecular weight excluding hydrogens is 352 g/mol. The number of aryl methyl sites for hydroxylation is 1. The molecule has 144 valence electrons. The van der Waals surface area contributed by atoms with Gasteiger partial charge >= 0.3 is 5.97 Å². The van der Waals surface area contributed by atoms with Crippen LogP contribution < -0.4 is 11.1 Å². The first-order valence-electron chi connectivity index (χ1n) is 9.16. The van der Waals surface area contributed by atoms with Crippen molar-refractivity contribution in [2.45, 2.75) is 52.0 Å². The summed E-state index contributed by atoms with van der Waals surface area (Å²) in [6.45, 7) is 3.82. The highest BCUT2D eigenvalue weighted by Gasteiger charge is 2.40. The van der Waals surface area contributed by atoms with Gasteiger partial charge in [-0.2, -0.15) is 0 Å². The Morgan fingerprint density at radius 2 is 1.77 bits per heavy atom. The molecule has 1 amide bonds. The maximum absolute atomic E-state index is 12.8. The SMILES string of the molecule is COC(=O)c1cc(NC(=O)C2CC3CCCC(C2)C3N)cc(C)c1C.Cl. The summed E-state index contributed by atoms with van der Waals surface area (Å²) in [5, 5.41) is 3.02. The van der Waals surface area contributed by atoms with Crippen molar-refractivity contribution >= 4 is 30.0 Å². The number of fused-ring (bicyclic) bond motifs is 2. The van der Waals surface area contributed by atoms with E-state index in [0.29, 0.717) is 23.1 Å². The summed E-state index contributed by atoms with van der Waals surface area (Å²) in [6, 6.07) is 3.88. The third-order valence-electron chi connectivity index (χ3n) is 6.12. The Hall–Kier alpha value is -1.59. The summed E-state index contributed by atoms with van der Waals surface area (Å²) >= 11 is 0. The molecule has 3 N–H and O–H groups in total. The van der Waals surface area contributed by atoms with Crippen molar-refractivity contribution in [2.24, 2.45) is 23.5 Å². The number of benzene rings is 1. The van der Waals surface area contributed by atoms with Gasteiger partial charge in [0.05, 0.1) is 12.7 Å². The molecule has 3 rings (SSSR count). The maximum Gasteiger partial charge on any atom is 0.338 e. The van der Waals surface area contributed by atoms with Crippen LogP contribution in [0.15, 0.2) is 12.1 Å². The molecule has 2 saturated carbocycles. The lowest BCUT2D eigenvalue weighted by Gasteiger charge is -2.43. The molecule has 2 bridgehead atoms. The van der Waals surface area contributed by atoms with Crippen LogP contribution in [0.4, 0.5) is 5.69 Å². The lowest BCUT2D eigenvalue weighted by atomic mass is 9.65. The van der Waals surface area contributed by atoms with Gasteiger partial charge in [-0.25, -0.2) is 4.79 Å². The second-order valence-electron chi connectivity index (χ2n) is 7.64. The Morgan fingerprint density at radius 3 is 2.35 bits per heavy atom. The van der Waals surface area contributed by atoms with Gasteiger partial charge in [-0.3, -0.25) is 4.79 Å². The normalized spacial score (nSPS) is 27.2. The van der Waals surface area contributed by atoms with Crippen molar-refractivity contribution in [3.63, 3.8) is 0 Å². The largest absolute Gasteiger partial charge is 0.465 e. The third kappa shape index (κ3) is 4.04. The van der Waals surface area contributed by atoms with E-state index in [-0.39, 0.29) is 36.2 Å². The monoisotopic (exact) mass is 380 g/mol. The van der Waals surface area contributed by atoms with E-state index < -0.39 is 0 Å². The molecule has 5 nitrogen and oxygen atoms in total. The lowest BCUT2D eigenvalue weighted by Crippen LogP contribution is -2.48. The Balaban J connectivity index is 0.00000243. The van der Waals surface area contributed by atoms with Gasteiger partial charge < -0.3 is 15.8 Å². The van der Waals surface area contributed by atoms with Gasteiger partial charge in [0.2, 0.25) is 5.91 Å². The summed E-state index contributed by atoms with van der Waals surface area (Å²) in [5.41, 5.74) is 9.32. The number of methoxy groups -OCH3 is 1. The van der Waals surface area contributed by atoms with E-state index >= 15 is 0 Å². The molecule has 2 aliphatic rings. The predicted octanol–water partition coefficient (Wildman–Crippen LogP) is 3.60. The highest BCUT2D eigenvalue weighted by Crippen LogP contribution is 2.42. The first-order chi connectivity index (χ1) is 11.9. The van der Waals surface area contributed by atoms with Crippen LogP contribution in [0.25, 0.3) is 0 Å².